The summed E-state index contributed by atoms with van der Waals surface area (Å²) in [7, 11) is 0. The van der Waals surface area contributed by atoms with Crippen LogP contribution in [-0.2, 0) is 0 Å². The molecule has 0 amide bonds. The van der Waals surface area contributed by atoms with E-state index in [1.54, 1.807) is 12.1 Å². The van der Waals surface area contributed by atoms with Crippen molar-refractivity contribution in [3.8, 4) is 11.5 Å². The molecule has 1 aromatic heterocycles. The monoisotopic (exact) mass is 516 g/mol. The van der Waals surface area contributed by atoms with Crippen molar-refractivity contribution in [3.05, 3.63) is 83.0 Å². The quantitative estimate of drug-likeness (QED) is 0.311. The Morgan fingerprint density at radius 2 is 1.23 bits per heavy atom. The van der Waals surface area contributed by atoms with Gasteiger partial charge in [0.05, 0.1) is 10.8 Å². The number of rotatable bonds is 8. The van der Waals surface area contributed by atoms with Crippen LogP contribution in [0.25, 0.3) is 21.9 Å². The third kappa shape index (κ3) is 6.67. The van der Waals surface area contributed by atoms with Gasteiger partial charge in [0.2, 0.25) is 5.43 Å². The lowest BCUT2D eigenvalue weighted by Gasteiger charge is -2.34. The van der Waals surface area contributed by atoms with Crippen LogP contribution in [0.4, 0.5) is 0 Å². The van der Waals surface area contributed by atoms with Crippen LogP contribution >= 0.6 is 24.8 Å². The van der Waals surface area contributed by atoms with Gasteiger partial charge in [0.25, 0.3) is 0 Å². The molecule has 0 saturated carbocycles. The van der Waals surface area contributed by atoms with Gasteiger partial charge < -0.3 is 13.9 Å². The zero-order chi connectivity index (χ0) is 22.5. The van der Waals surface area contributed by atoms with Crippen LogP contribution in [0.15, 0.2) is 82.0 Å². The maximum Gasteiger partial charge on any atom is 0.200 e. The number of halogens is 2. The van der Waals surface area contributed by atoms with Crippen molar-refractivity contribution in [1.82, 2.24) is 9.80 Å². The molecule has 1 aliphatic heterocycles. The molecule has 0 bridgehead atoms. The number of hydrogen-bond donors (Lipinski definition) is 0. The second-order valence-corrected chi connectivity index (χ2v) is 8.28. The Morgan fingerprint density at radius 1 is 0.657 bits per heavy atom. The lowest BCUT2D eigenvalue weighted by Crippen LogP contribution is -2.48. The highest BCUT2D eigenvalue weighted by atomic mass is 35.5. The molecule has 0 aliphatic carbocycles. The van der Waals surface area contributed by atoms with Crippen molar-refractivity contribution in [1.29, 1.82) is 0 Å². The molecule has 186 valence electrons. The molecule has 4 aromatic rings. The summed E-state index contributed by atoms with van der Waals surface area (Å²) in [6.45, 7) is 7.18. The predicted octanol–water partition coefficient (Wildman–Crippen LogP) is 4.87. The number of hydrogen-bond acceptors (Lipinski definition) is 6. The van der Waals surface area contributed by atoms with Crippen LogP contribution in [0, 0.1) is 0 Å². The van der Waals surface area contributed by atoms with E-state index in [1.165, 1.54) is 0 Å². The van der Waals surface area contributed by atoms with Gasteiger partial charge in [-0.1, -0.05) is 30.3 Å². The molecule has 0 radical (unpaired) electrons. The molecular weight excluding hydrogens is 487 g/mol. The molecule has 0 N–H and O–H groups in total. The van der Waals surface area contributed by atoms with Crippen molar-refractivity contribution in [2.24, 2.45) is 0 Å². The maximum atomic E-state index is 12.8. The minimum Gasteiger partial charge on any atom is -0.492 e. The lowest BCUT2D eigenvalue weighted by molar-refractivity contribution is 0.105. The topological polar surface area (TPSA) is 55.2 Å². The fourth-order valence-corrected chi connectivity index (χ4v) is 4.21. The van der Waals surface area contributed by atoms with Gasteiger partial charge in [-0.25, -0.2) is 0 Å². The third-order valence-corrected chi connectivity index (χ3v) is 6.11. The van der Waals surface area contributed by atoms with Gasteiger partial charge in [-0.05, 0) is 42.5 Å². The normalized spacial score (nSPS) is 14.3. The van der Waals surface area contributed by atoms with E-state index < -0.39 is 0 Å². The first-order valence-corrected chi connectivity index (χ1v) is 11.5. The molecule has 1 fully saturated rings. The second-order valence-electron chi connectivity index (χ2n) is 8.28. The Bertz CT molecular complexity index is 1270. The summed E-state index contributed by atoms with van der Waals surface area (Å²) in [5.74, 6) is 1.62. The molecule has 1 aliphatic rings. The molecule has 0 unspecified atom stereocenters. The summed E-state index contributed by atoms with van der Waals surface area (Å²) in [5, 5.41) is 1.15. The highest BCUT2D eigenvalue weighted by Crippen LogP contribution is 2.22. The smallest absolute Gasteiger partial charge is 0.200 e. The average Bonchev–Trinajstić information content (AvgIpc) is 2.86. The highest BCUT2D eigenvalue weighted by Gasteiger charge is 2.16. The van der Waals surface area contributed by atoms with E-state index in [1.807, 2.05) is 60.7 Å². The summed E-state index contributed by atoms with van der Waals surface area (Å²) >= 11 is 0. The van der Waals surface area contributed by atoms with Crippen molar-refractivity contribution < 1.29 is 13.9 Å². The van der Waals surface area contributed by atoms with Crippen LogP contribution in [0.5, 0.6) is 11.5 Å². The van der Waals surface area contributed by atoms with Crippen LogP contribution in [0.2, 0.25) is 0 Å². The molecule has 0 spiro atoms. The fourth-order valence-electron chi connectivity index (χ4n) is 4.21. The molecule has 8 heteroatoms. The van der Waals surface area contributed by atoms with E-state index in [9.17, 15) is 4.79 Å². The largest absolute Gasteiger partial charge is 0.492 e. The first-order chi connectivity index (χ1) is 16.3. The minimum atomic E-state index is -0.0235. The van der Waals surface area contributed by atoms with Gasteiger partial charge >= 0.3 is 0 Å². The first kappa shape index (κ1) is 26.8. The average molecular weight is 517 g/mol. The Kier molecular flexibility index (Phi) is 9.81. The lowest BCUT2D eigenvalue weighted by atomic mass is 10.1. The number of para-hydroxylation sites is 2. The van der Waals surface area contributed by atoms with E-state index in [2.05, 4.69) is 9.80 Å². The van der Waals surface area contributed by atoms with Gasteiger partial charge in [0.1, 0.15) is 35.9 Å². The van der Waals surface area contributed by atoms with E-state index in [-0.39, 0.29) is 30.2 Å². The Labute approximate surface area is 217 Å². The van der Waals surface area contributed by atoms with Crippen molar-refractivity contribution in [2.45, 2.75) is 0 Å². The summed E-state index contributed by atoms with van der Waals surface area (Å²) < 4.78 is 17.6. The predicted molar refractivity (Wildman–Crippen MR) is 145 cm³/mol. The first-order valence-electron chi connectivity index (χ1n) is 11.5. The van der Waals surface area contributed by atoms with Gasteiger partial charge in [-0.3, -0.25) is 14.6 Å². The second kappa shape index (κ2) is 12.8. The van der Waals surface area contributed by atoms with Crippen LogP contribution in [-0.4, -0.2) is 62.3 Å². The Morgan fingerprint density at radius 3 is 1.91 bits per heavy atom. The molecule has 6 nitrogen and oxygen atoms in total. The number of nitrogens with zero attached hydrogens (tertiary/aromatic N) is 2. The molecule has 5 rings (SSSR count). The fraction of sp³-hybridized carbons (Fsp3) is 0.296. The van der Waals surface area contributed by atoms with Gasteiger partial charge in [-0.15, -0.1) is 24.8 Å². The van der Waals surface area contributed by atoms with Crippen LogP contribution in [0.3, 0.4) is 0 Å². The molecule has 35 heavy (non-hydrogen) atoms. The van der Waals surface area contributed by atoms with Gasteiger partial charge in [0, 0.05) is 39.3 Å². The zero-order valence-corrected chi connectivity index (χ0v) is 21.1. The number of piperazine rings is 1. The minimum absolute atomic E-state index is 0. The molecule has 0 atom stereocenters. The highest BCUT2D eigenvalue weighted by molar-refractivity contribution is 5.90. The van der Waals surface area contributed by atoms with Crippen molar-refractivity contribution >= 4 is 46.8 Å². The molecular formula is C27H30Cl2N2O4. The summed E-state index contributed by atoms with van der Waals surface area (Å²) in [6.07, 6.45) is 0. The molecule has 3 aromatic carbocycles. The van der Waals surface area contributed by atoms with E-state index in [0.717, 1.165) is 45.0 Å². The molecule has 1 saturated heterocycles. The standard InChI is InChI=1S/C27H28N2O4.2ClH/c30-27-23-8-4-5-9-25(23)33-26-11-10-22(20-24(26)27)32-19-17-29-14-12-28(13-15-29)16-18-31-21-6-2-1-3-7-21;;/h1-11,20H,12-19H2;2*1H. The van der Waals surface area contributed by atoms with Crippen LogP contribution in [0.1, 0.15) is 0 Å². The number of fused-ring (bicyclic) bond motifs is 2. The summed E-state index contributed by atoms with van der Waals surface area (Å²) in [6, 6.07) is 22.7. The third-order valence-electron chi connectivity index (χ3n) is 6.11. The van der Waals surface area contributed by atoms with Crippen LogP contribution < -0.4 is 14.9 Å². The van der Waals surface area contributed by atoms with E-state index in [0.29, 0.717) is 40.9 Å². The summed E-state index contributed by atoms with van der Waals surface area (Å²) in [5.41, 5.74) is 1.16. The Hall–Kier alpha value is -2.77. The zero-order valence-electron chi connectivity index (χ0n) is 19.4. The SMILES string of the molecule is Cl.Cl.O=c1c2ccccc2oc2ccc(OCCN3CCN(CCOc4ccccc4)CC3)cc12. The van der Waals surface area contributed by atoms with Gasteiger partial charge in [0.15, 0.2) is 0 Å². The molecule has 2 heterocycles. The summed E-state index contributed by atoms with van der Waals surface area (Å²) in [4.78, 5) is 17.7. The number of benzene rings is 3. The number of ether oxygens (including phenoxy) is 2. The van der Waals surface area contributed by atoms with Crippen molar-refractivity contribution in [2.75, 3.05) is 52.5 Å². The maximum absolute atomic E-state index is 12.8. The Balaban J connectivity index is 0.00000171. The van der Waals surface area contributed by atoms with E-state index >= 15 is 0 Å². The van der Waals surface area contributed by atoms with Gasteiger partial charge in [-0.2, -0.15) is 0 Å². The van der Waals surface area contributed by atoms with E-state index in [4.69, 9.17) is 13.9 Å². The van der Waals surface area contributed by atoms with Crippen molar-refractivity contribution in [3.63, 3.8) is 0 Å².